The van der Waals surface area contributed by atoms with Gasteiger partial charge in [0.25, 0.3) is 0 Å². The Labute approximate surface area is 88.8 Å². The zero-order valence-corrected chi connectivity index (χ0v) is 8.69. The summed E-state index contributed by atoms with van der Waals surface area (Å²) in [6, 6.07) is 1.82. The van der Waals surface area contributed by atoms with Crippen LogP contribution in [0.15, 0.2) is 6.07 Å². The number of nitrogens with zero attached hydrogens (tertiary/aromatic N) is 4. The molecule has 1 saturated heterocycles. The van der Waals surface area contributed by atoms with Crippen LogP contribution in [-0.2, 0) is 0 Å². The Kier molecular flexibility index (Phi) is 2.68. The third-order valence-corrected chi connectivity index (χ3v) is 2.44. The molecule has 1 aromatic heterocycles. The predicted octanol–water partition coefficient (Wildman–Crippen LogP) is 1.28. The average molecular weight is 203 g/mol. The van der Waals surface area contributed by atoms with Gasteiger partial charge in [0.1, 0.15) is 17.5 Å². The minimum atomic E-state index is 0.576. The molecule has 0 spiro atoms. The van der Waals surface area contributed by atoms with E-state index in [9.17, 15) is 0 Å². The number of rotatable bonds is 2. The van der Waals surface area contributed by atoms with Gasteiger partial charge in [0.15, 0.2) is 6.19 Å². The van der Waals surface area contributed by atoms with E-state index in [-0.39, 0.29) is 0 Å². The highest BCUT2D eigenvalue weighted by Crippen LogP contribution is 2.20. The second kappa shape index (κ2) is 4.13. The smallest absolute Gasteiger partial charge is 0.182 e. The maximum Gasteiger partial charge on any atom is 0.182 e. The molecule has 78 valence electrons. The fourth-order valence-corrected chi connectivity index (χ4v) is 1.78. The Bertz CT molecular complexity index is 389. The lowest BCUT2D eigenvalue weighted by Crippen LogP contribution is -2.19. The number of aryl methyl sites for hydroxylation is 1. The van der Waals surface area contributed by atoms with Crippen molar-refractivity contribution < 1.29 is 0 Å². The van der Waals surface area contributed by atoms with Crippen LogP contribution in [-0.4, -0.2) is 23.1 Å². The van der Waals surface area contributed by atoms with E-state index < -0.39 is 0 Å². The van der Waals surface area contributed by atoms with Crippen molar-refractivity contribution in [2.24, 2.45) is 0 Å². The molecular weight excluding hydrogens is 190 g/mol. The molecule has 1 aliphatic rings. The number of hydrogen-bond acceptors (Lipinski definition) is 5. The Morgan fingerprint density at radius 2 is 2.13 bits per heavy atom. The molecule has 0 radical (unpaired) electrons. The van der Waals surface area contributed by atoms with Crippen molar-refractivity contribution in [2.45, 2.75) is 19.8 Å². The highest BCUT2D eigenvalue weighted by atomic mass is 15.2. The van der Waals surface area contributed by atoms with E-state index in [0.717, 1.165) is 18.9 Å². The van der Waals surface area contributed by atoms with Crippen molar-refractivity contribution in [3.63, 3.8) is 0 Å². The molecule has 0 bridgehead atoms. The van der Waals surface area contributed by atoms with Crippen LogP contribution in [0.3, 0.4) is 0 Å². The normalized spacial score (nSPS) is 15.1. The molecule has 0 atom stereocenters. The first-order chi connectivity index (χ1) is 7.29. The van der Waals surface area contributed by atoms with Crippen molar-refractivity contribution in [3.05, 3.63) is 11.9 Å². The highest BCUT2D eigenvalue weighted by molar-refractivity contribution is 5.51. The van der Waals surface area contributed by atoms with Crippen molar-refractivity contribution in [3.8, 4) is 6.19 Å². The summed E-state index contributed by atoms with van der Waals surface area (Å²) in [6.07, 6.45) is 4.29. The molecule has 1 fully saturated rings. The topological polar surface area (TPSA) is 64.8 Å². The monoisotopic (exact) mass is 203 g/mol. The van der Waals surface area contributed by atoms with Crippen molar-refractivity contribution in [2.75, 3.05) is 23.3 Å². The molecule has 5 heteroatoms. The Balaban J connectivity index is 2.26. The molecule has 15 heavy (non-hydrogen) atoms. The van der Waals surface area contributed by atoms with Gasteiger partial charge in [0.2, 0.25) is 0 Å². The quantitative estimate of drug-likeness (QED) is 0.579. The second-order valence-corrected chi connectivity index (χ2v) is 3.59. The summed E-state index contributed by atoms with van der Waals surface area (Å²) >= 11 is 0. The first-order valence-corrected chi connectivity index (χ1v) is 5.05. The Morgan fingerprint density at radius 1 is 1.40 bits per heavy atom. The molecule has 1 aromatic rings. The van der Waals surface area contributed by atoms with Gasteiger partial charge < -0.3 is 4.90 Å². The number of nitriles is 1. The van der Waals surface area contributed by atoms with Gasteiger partial charge >= 0.3 is 0 Å². The fourth-order valence-electron chi connectivity index (χ4n) is 1.78. The zero-order chi connectivity index (χ0) is 10.7. The van der Waals surface area contributed by atoms with Crippen LogP contribution in [0.5, 0.6) is 0 Å². The van der Waals surface area contributed by atoms with E-state index in [2.05, 4.69) is 20.2 Å². The summed E-state index contributed by atoms with van der Waals surface area (Å²) in [5.41, 5.74) is 0. The minimum Gasteiger partial charge on any atom is -0.356 e. The van der Waals surface area contributed by atoms with Gasteiger partial charge in [-0.05, 0) is 19.8 Å². The Hall–Kier alpha value is -1.83. The number of aromatic nitrogens is 2. The molecule has 0 saturated carbocycles. The van der Waals surface area contributed by atoms with Crippen LogP contribution in [0.2, 0.25) is 0 Å². The van der Waals surface area contributed by atoms with E-state index in [1.165, 1.54) is 12.8 Å². The van der Waals surface area contributed by atoms with Crippen LogP contribution in [0.25, 0.3) is 0 Å². The van der Waals surface area contributed by atoms with Crippen LogP contribution < -0.4 is 10.2 Å². The van der Waals surface area contributed by atoms with Crippen LogP contribution in [0, 0.1) is 18.4 Å². The lowest BCUT2D eigenvalue weighted by atomic mass is 10.4. The van der Waals surface area contributed by atoms with Crippen LogP contribution in [0.4, 0.5) is 11.6 Å². The molecule has 0 aromatic carbocycles. The summed E-state index contributed by atoms with van der Waals surface area (Å²) in [6.45, 7) is 3.92. The van der Waals surface area contributed by atoms with Crippen LogP contribution in [0.1, 0.15) is 18.7 Å². The van der Waals surface area contributed by atoms with Gasteiger partial charge in [-0.1, -0.05) is 0 Å². The number of anilines is 2. The Morgan fingerprint density at radius 3 is 2.80 bits per heavy atom. The third kappa shape index (κ3) is 2.15. The number of nitrogens with one attached hydrogen (secondary N) is 1. The van der Waals surface area contributed by atoms with Gasteiger partial charge in [-0.2, -0.15) is 5.26 Å². The number of hydrogen-bond donors (Lipinski definition) is 1. The molecule has 2 rings (SSSR count). The zero-order valence-electron chi connectivity index (χ0n) is 8.69. The molecule has 1 N–H and O–H groups in total. The second-order valence-electron chi connectivity index (χ2n) is 3.59. The predicted molar refractivity (Wildman–Crippen MR) is 57.5 cm³/mol. The van der Waals surface area contributed by atoms with E-state index in [1.54, 1.807) is 0 Å². The third-order valence-electron chi connectivity index (χ3n) is 2.44. The van der Waals surface area contributed by atoms with E-state index in [0.29, 0.717) is 11.6 Å². The van der Waals surface area contributed by atoms with Crippen molar-refractivity contribution in [1.29, 1.82) is 5.26 Å². The minimum absolute atomic E-state index is 0.576. The van der Waals surface area contributed by atoms with E-state index in [4.69, 9.17) is 5.26 Å². The van der Waals surface area contributed by atoms with Gasteiger partial charge in [-0.25, -0.2) is 9.97 Å². The molecule has 1 aliphatic heterocycles. The van der Waals surface area contributed by atoms with Gasteiger partial charge in [-0.3, -0.25) is 5.32 Å². The molecule has 0 aliphatic carbocycles. The molecular formula is C10H13N5. The largest absolute Gasteiger partial charge is 0.356 e. The maximum absolute atomic E-state index is 8.53. The highest BCUT2D eigenvalue weighted by Gasteiger charge is 2.14. The SMILES string of the molecule is Cc1nc(NC#N)cc(N2CCCC2)n1. The molecule has 0 amide bonds. The van der Waals surface area contributed by atoms with Gasteiger partial charge in [-0.15, -0.1) is 0 Å². The standard InChI is InChI=1S/C10H13N5/c1-8-13-9(12-7-11)6-10(14-8)15-4-2-3-5-15/h6H,2-5H2,1H3,(H,12,13,14). The fraction of sp³-hybridized carbons (Fsp3) is 0.500. The first-order valence-electron chi connectivity index (χ1n) is 5.05. The molecule has 5 nitrogen and oxygen atoms in total. The van der Waals surface area contributed by atoms with E-state index >= 15 is 0 Å². The van der Waals surface area contributed by atoms with Gasteiger partial charge in [0, 0.05) is 19.2 Å². The lowest BCUT2D eigenvalue weighted by Gasteiger charge is -2.16. The van der Waals surface area contributed by atoms with E-state index in [1.807, 2.05) is 19.2 Å². The van der Waals surface area contributed by atoms with Crippen molar-refractivity contribution in [1.82, 2.24) is 9.97 Å². The summed E-state index contributed by atoms with van der Waals surface area (Å²) in [7, 11) is 0. The van der Waals surface area contributed by atoms with Crippen molar-refractivity contribution >= 4 is 11.6 Å². The maximum atomic E-state index is 8.53. The summed E-state index contributed by atoms with van der Waals surface area (Å²) < 4.78 is 0. The summed E-state index contributed by atoms with van der Waals surface area (Å²) in [4.78, 5) is 10.7. The summed E-state index contributed by atoms with van der Waals surface area (Å²) in [5.74, 6) is 2.18. The van der Waals surface area contributed by atoms with Crippen LogP contribution >= 0.6 is 0 Å². The first kappa shape index (κ1) is 9.71. The average Bonchev–Trinajstić information content (AvgIpc) is 2.70. The lowest BCUT2D eigenvalue weighted by molar-refractivity contribution is 0.912. The van der Waals surface area contributed by atoms with Gasteiger partial charge in [0.05, 0.1) is 0 Å². The molecule has 2 heterocycles. The molecule has 0 unspecified atom stereocenters. The summed E-state index contributed by atoms with van der Waals surface area (Å²) in [5, 5.41) is 11.1.